The molecule has 3 rings (SSSR count). The Labute approximate surface area is 163 Å². The summed E-state index contributed by atoms with van der Waals surface area (Å²) >= 11 is 0. The first-order valence-corrected chi connectivity index (χ1v) is 9.25. The standard InChI is InChI=1S/C21H23N3O4/c22-20(26)15-7-8-18(24-9-2-1-3-10-24)17(13-15)23-19(25)12-14-5-4-6-16(11-14)21(27)28/h4-8,11,13H,1-3,9-10,12H2,(H2,22,26)(H,23,25)(H,27,28). The van der Waals surface area contributed by atoms with Crippen molar-refractivity contribution in [3.05, 3.63) is 59.2 Å². The molecule has 0 spiro atoms. The van der Waals surface area contributed by atoms with E-state index in [9.17, 15) is 14.4 Å². The van der Waals surface area contributed by atoms with Gasteiger partial charge in [-0.15, -0.1) is 0 Å². The molecule has 0 unspecified atom stereocenters. The molecule has 2 aromatic carbocycles. The number of carboxylic acids is 1. The highest BCUT2D eigenvalue weighted by atomic mass is 16.4. The topological polar surface area (TPSA) is 113 Å². The van der Waals surface area contributed by atoms with Gasteiger partial charge in [-0.3, -0.25) is 9.59 Å². The number of anilines is 2. The van der Waals surface area contributed by atoms with E-state index in [4.69, 9.17) is 10.8 Å². The Morgan fingerprint density at radius 1 is 1.00 bits per heavy atom. The number of amides is 2. The summed E-state index contributed by atoms with van der Waals surface area (Å²) in [6, 6.07) is 11.3. The number of carbonyl (C=O) groups is 3. The lowest BCUT2D eigenvalue weighted by Gasteiger charge is -2.30. The van der Waals surface area contributed by atoms with Gasteiger partial charge in [0.05, 0.1) is 23.4 Å². The van der Waals surface area contributed by atoms with Crippen molar-refractivity contribution < 1.29 is 19.5 Å². The number of rotatable bonds is 6. The molecule has 7 nitrogen and oxygen atoms in total. The van der Waals surface area contributed by atoms with Crippen LogP contribution in [-0.2, 0) is 11.2 Å². The summed E-state index contributed by atoms with van der Waals surface area (Å²) in [5, 5.41) is 12.0. The smallest absolute Gasteiger partial charge is 0.335 e. The summed E-state index contributed by atoms with van der Waals surface area (Å²) in [6.45, 7) is 1.78. The minimum Gasteiger partial charge on any atom is -0.478 e. The van der Waals surface area contributed by atoms with Crippen molar-refractivity contribution in [2.24, 2.45) is 5.73 Å². The van der Waals surface area contributed by atoms with Crippen LogP contribution in [0.4, 0.5) is 11.4 Å². The molecular formula is C21H23N3O4. The van der Waals surface area contributed by atoms with Crippen LogP contribution in [0.25, 0.3) is 0 Å². The molecule has 0 radical (unpaired) electrons. The maximum atomic E-state index is 12.6. The third-order valence-electron chi connectivity index (χ3n) is 4.79. The molecule has 0 aromatic heterocycles. The summed E-state index contributed by atoms with van der Waals surface area (Å²) in [7, 11) is 0. The molecule has 2 aromatic rings. The van der Waals surface area contributed by atoms with Crippen LogP contribution in [-0.4, -0.2) is 36.0 Å². The van der Waals surface area contributed by atoms with E-state index in [2.05, 4.69) is 10.2 Å². The van der Waals surface area contributed by atoms with Crippen LogP contribution in [0, 0.1) is 0 Å². The number of benzene rings is 2. The van der Waals surface area contributed by atoms with E-state index in [1.54, 1.807) is 24.3 Å². The first kappa shape index (κ1) is 19.4. The highest BCUT2D eigenvalue weighted by Crippen LogP contribution is 2.30. The van der Waals surface area contributed by atoms with Gasteiger partial charge in [0, 0.05) is 18.7 Å². The second-order valence-electron chi connectivity index (χ2n) is 6.87. The average Bonchev–Trinajstić information content (AvgIpc) is 2.68. The van der Waals surface area contributed by atoms with Gasteiger partial charge in [0.25, 0.3) is 0 Å². The van der Waals surface area contributed by atoms with Gasteiger partial charge in [0.1, 0.15) is 0 Å². The van der Waals surface area contributed by atoms with E-state index in [0.29, 0.717) is 16.8 Å². The summed E-state index contributed by atoms with van der Waals surface area (Å²) in [5.41, 5.74) is 7.85. The molecule has 146 valence electrons. The van der Waals surface area contributed by atoms with Gasteiger partial charge in [-0.2, -0.15) is 0 Å². The zero-order chi connectivity index (χ0) is 20.1. The van der Waals surface area contributed by atoms with Gasteiger partial charge in [-0.05, 0) is 55.2 Å². The number of nitrogens with zero attached hydrogens (tertiary/aromatic N) is 1. The number of aromatic carboxylic acids is 1. The maximum absolute atomic E-state index is 12.6. The molecule has 1 saturated heterocycles. The number of carboxylic acid groups (broad SMARTS) is 1. The normalized spacial score (nSPS) is 13.8. The van der Waals surface area contributed by atoms with E-state index in [1.807, 2.05) is 6.07 Å². The molecule has 7 heteroatoms. The lowest BCUT2D eigenvalue weighted by Crippen LogP contribution is -2.30. The quantitative estimate of drug-likeness (QED) is 0.712. The van der Waals surface area contributed by atoms with Gasteiger partial charge in [0.2, 0.25) is 11.8 Å². The number of hydrogen-bond donors (Lipinski definition) is 3. The Bertz CT molecular complexity index is 904. The molecule has 1 aliphatic heterocycles. The third kappa shape index (κ3) is 4.68. The van der Waals surface area contributed by atoms with Crippen molar-refractivity contribution in [3.63, 3.8) is 0 Å². The van der Waals surface area contributed by atoms with Crippen LogP contribution in [0.15, 0.2) is 42.5 Å². The van der Waals surface area contributed by atoms with Crippen molar-refractivity contribution in [3.8, 4) is 0 Å². The van der Waals surface area contributed by atoms with E-state index in [-0.39, 0.29) is 17.9 Å². The van der Waals surface area contributed by atoms with Crippen LogP contribution in [0.2, 0.25) is 0 Å². The van der Waals surface area contributed by atoms with Crippen LogP contribution in [0.3, 0.4) is 0 Å². The molecule has 0 bridgehead atoms. The molecule has 28 heavy (non-hydrogen) atoms. The Balaban J connectivity index is 1.81. The van der Waals surface area contributed by atoms with E-state index < -0.39 is 11.9 Å². The maximum Gasteiger partial charge on any atom is 0.335 e. The van der Waals surface area contributed by atoms with Gasteiger partial charge in [-0.1, -0.05) is 12.1 Å². The number of carbonyl (C=O) groups excluding carboxylic acids is 2. The molecule has 2 amide bonds. The largest absolute Gasteiger partial charge is 0.478 e. The molecule has 4 N–H and O–H groups in total. The van der Waals surface area contributed by atoms with E-state index in [1.165, 1.54) is 18.6 Å². The summed E-state index contributed by atoms with van der Waals surface area (Å²) < 4.78 is 0. The molecule has 0 atom stereocenters. The van der Waals surface area contributed by atoms with Crippen LogP contribution in [0.5, 0.6) is 0 Å². The van der Waals surface area contributed by atoms with Crippen molar-refractivity contribution in [2.45, 2.75) is 25.7 Å². The van der Waals surface area contributed by atoms with Gasteiger partial charge >= 0.3 is 5.97 Å². The average molecular weight is 381 g/mol. The van der Waals surface area contributed by atoms with E-state index in [0.717, 1.165) is 31.6 Å². The van der Waals surface area contributed by atoms with Crippen LogP contribution in [0.1, 0.15) is 45.5 Å². The minimum atomic E-state index is -1.04. The van der Waals surface area contributed by atoms with Gasteiger partial charge in [0.15, 0.2) is 0 Å². The predicted molar refractivity (Wildman–Crippen MR) is 107 cm³/mol. The van der Waals surface area contributed by atoms with Crippen molar-refractivity contribution in [1.82, 2.24) is 0 Å². The highest BCUT2D eigenvalue weighted by molar-refractivity contribution is 6.00. The van der Waals surface area contributed by atoms with Gasteiger partial charge in [-0.25, -0.2) is 4.79 Å². The number of hydrogen-bond acceptors (Lipinski definition) is 4. The molecule has 1 fully saturated rings. The summed E-state index contributed by atoms with van der Waals surface area (Å²) in [6.07, 6.45) is 3.36. The van der Waals surface area contributed by atoms with E-state index >= 15 is 0 Å². The Morgan fingerprint density at radius 2 is 1.75 bits per heavy atom. The molecule has 1 heterocycles. The molecule has 0 saturated carbocycles. The SMILES string of the molecule is NC(=O)c1ccc(N2CCCCC2)c(NC(=O)Cc2cccc(C(=O)O)c2)c1. The zero-order valence-corrected chi connectivity index (χ0v) is 15.5. The fourth-order valence-corrected chi connectivity index (χ4v) is 3.39. The Hall–Kier alpha value is -3.35. The number of primary amides is 1. The Morgan fingerprint density at radius 3 is 2.43 bits per heavy atom. The first-order chi connectivity index (χ1) is 13.4. The van der Waals surface area contributed by atoms with Crippen LogP contribution < -0.4 is 16.0 Å². The van der Waals surface area contributed by atoms with Crippen LogP contribution >= 0.6 is 0 Å². The number of nitrogens with one attached hydrogen (secondary N) is 1. The Kier molecular flexibility index (Phi) is 5.93. The second kappa shape index (κ2) is 8.56. The van der Waals surface area contributed by atoms with Crippen molar-refractivity contribution >= 4 is 29.2 Å². The van der Waals surface area contributed by atoms with Crippen molar-refractivity contribution in [1.29, 1.82) is 0 Å². The monoisotopic (exact) mass is 381 g/mol. The zero-order valence-electron chi connectivity index (χ0n) is 15.5. The highest BCUT2D eigenvalue weighted by Gasteiger charge is 2.18. The fourth-order valence-electron chi connectivity index (χ4n) is 3.39. The lowest BCUT2D eigenvalue weighted by molar-refractivity contribution is -0.115. The number of nitrogens with two attached hydrogens (primary N) is 1. The molecule has 1 aliphatic rings. The molecular weight excluding hydrogens is 358 g/mol. The fraction of sp³-hybridized carbons (Fsp3) is 0.286. The predicted octanol–water partition coefficient (Wildman–Crippen LogP) is 2.66. The lowest BCUT2D eigenvalue weighted by atomic mass is 10.1. The number of piperidine rings is 1. The van der Waals surface area contributed by atoms with Crippen molar-refractivity contribution in [2.75, 3.05) is 23.3 Å². The summed E-state index contributed by atoms with van der Waals surface area (Å²) in [4.78, 5) is 37.4. The van der Waals surface area contributed by atoms with Gasteiger partial charge < -0.3 is 21.1 Å². The molecule has 0 aliphatic carbocycles. The summed E-state index contributed by atoms with van der Waals surface area (Å²) in [5.74, 6) is -1.89. The third-order valence-corrected chi connectivity index (χ3v) is 4.79. The minimum absolute atomic E-state index is 0.0291. The first-order valence-electron chi connectivity index (χ1n) is 9.25. The second-order valence-corrected chi connectivity index (χ2v) is 6.87.